The average Bonchev–Trinajstić information content (AvgIpc) is 2.83. The SMILES string of the molecule is Cc1ccc(SCCC(=O)N(Cc2ccc(Cl)cc2)[C@H](Cc2ccccc2)C(=O)NC(C)(C)C)cc1. The third-order valence-electron chi connectivity index (χ3n) is 5.64. The number of aryl methyl sites for hydroxylation is 1. The molecule has 36 heavy (non-hydrogen) atoms. The summed E-state index contributed by atoms with van der Waals surface area (Å²) < 4.78 is 0. The number of nitrogens with one attached hydrogen (secondary N) is 1. The first-order chi connectivity index (χ1) is 17.1. The van der Waals surface area contributed by atoms with Gasteiger partial charge in [-0.3, -0.25) is 9.59 Å². The third-order valence-corrected chi connectivity index (χ3v) is 6.91. The van der Waals surface area contributed by atoms with Gasteiger partial charge in [0.25, 0.3) is 0 Å². The Morgan fingerprint density at radius 1 is 0.917 bits per heavy atom. The maximum Gasteiger partial charge on any atom is 0.243 e. The van der Waals surface area contributed by atoms with Crippen LogP contribution in [-0.2, 0) is 22.6 Å². The summed E-state index contributed by atoms with van der Waals surface area (Å²) in [5.41, 5.74) is 2.73. The lowest BCUT2D eigenvalue weighted by Crippen LogP contribution is -2.54. The molecule has 0 aromatic heterocycles. The van der Waals surface area contributed by atoms with Gasteiger partial charge < -0.3 is 10.2 Å². The summed E-state index contributed by atoms with van der Waals surface area (Å²) in [5, 5.41) is 3.73. The van der Waals surface area contributed by atoms with Crippen LogP contribution in [0.15, 0.2) is 83.8 Å². The molecule has 4 nitrogen and oxygen atoms in total. The van der Waals surface area contributed by atoms with Crippen LogP contribution in [0.1, 0.15) is 43.9 Å². The van der Waals surface area contributed by atoms with Crippen molar-refractivity contribution in [3.63, 3.8) is 0 Å². The zero-order valence-electron chi connectivity index (χ0n) is 21.5. The van der Waals surface area contributed by atoms with E-state index in [2.05, 4.69) is 36.5 Å². The maximum atomic E-state index is 13.7. The van der Waals surface area contributed by atoms with Gasteiger partial charge >= 0.3 is 0 Å². The molecule has 3 aromatic carbocycles. The number of thioether (sulfide) groups is 1. The molecule has 2 amide bonds. The zero-order valence-corrected chi connectivity index (χ0v) is 23.0. The zero-order chi connectivity index (χ0) is 26.1. The smallest absolute Gasteiger partial charge is 0.243 e. The summed E-state index contributed by atoms with van der Waals surface area (Å²) >= 11 is 7.74. The average molecular weight is 523 g/mol. The van der Waals surface area contributed by atoms with E-state index in [-0.39, 0.29) is 11.8 Å². The molecule has 0 unspecified atom stereocenters. The summed E-state index contributed by atoms with van der Waals surface area (Å²) in [6, 6.07) is 25.0. The van der Waals surface area contributed by atoms with Crippen molar-refractivity contribution in [2.24, 2.45) is 0 Å². The van der Waals surface area contributed by atoms with Crippen LogP contribution in [-0.4, -0.2) is 34.0 Å². The Morgan fingerprint density at radius 2 is 1.56 bits per heavy atom. The van der Waals surface area contributed by atoms with Crippen LogP contribution in [0.3, 0.4) is 0 Å². The lowest BCUT2D eigenvalue weighted by Gasteiger charge is -2.34. The van der Waals surface area contributed by atoms with Crippen LogP contribution in [0.5, 0.6) is 0 Å². The second kappa shape index (κ2) is 13.0. The number of carbonyl (C=O) groups excluding carboxylic acids is 2. The molecule has 0 spiro atoms. The number of rotatable bonds is 10. The monoisotopic (exact) mass is 522 g/mol. The van der Waals surface area contributed by atoms with E-state index >= 15 is 0 Å². The van der Waals surface area contributed by atoms with E-state index in [4.69, 9.17) is 11.6 Å². The molecule has 0 fully saturated rings. The van der Waals surface area contributed by atoms with Crippen molar-refractivity contribution in [2.45, 2.75) is 63.6 Å². The summed E-state index contributed by atoms with van der Waals surface area (Å²) in [7, 11) is 0. The molecular weight excluding hydrogens is 488 g/mol. The summed E-state index contributed by atoms with van der Waals surface area (Å²) in [6.45, 7) is 8.25. The normalized spacial score (nSPS) is 12.1. The molecular formula is C30H35ClN2O2S. The molecule has 0 saturated heterocycles. The van der Waals surface area contributed by atoms with Gasteiger partial charge in [0, 0.05) is 40.6 Å². The highest BCUT2D eigenvalue weighted by Crippen LogP contribution is 2.22. The summed E-state index contributed by atoms with van der Waals surface area (Å²) in [5.74, 6) is 0.437. The third kappa shape index (κ3) is 9.03. The molecule has 0 aliphatic heterocycles. The number of nitrogens with zero attached hydrogens (tertiary/aromatic N) is 1. The van der Waals surface area contributed by atoms with Gasteiger partial charge in [0.1, 0.15) is 6.04 Å². The first-order valence-corrected chi connectivity index (χ1v) is 13.6. The summed E-state index contributed by atoms with van der Waals surface area (Å²) in [4.78, 5) is 30.1. The van der Waals surface area contributed by atoms with Gasteiger partial charge in [0.05, 0.1) is 0 Å². The Balaban J connectivity index is 1.85. The molecule has 0 heterocycles. The van der Waals surface area contributed by atoms with Gasteiger partial charge in [-0.1, -0.05) is 71.8 Å². The van der Waals surface area contributed by atoms with Crippen molar-refractivity contribution in [2.75, 3.05) is 5.75 Å². The van der Waals surface area contributed by atoms with E-state index in [1.54, 1.807) is 16.7 Å². The van der Waals surface area contributed by atoms with Gasteiger partial charge in [0.15, 0.2) is 0 Å². The Morgan fingerprint density at radius 3 is 2.17 bits per heavy atom. The lowest BCUT2D eigenvalue weighted by molar-refractivity contribution is -0.141. The van der Waals surface area contributed by atoms with Crippen molar-refractivity contribution in [1.29, 1.82) is 0 Å². The predicted molar refractivity (Wildman–Crippen MR) is 150 cm³/mol. The van der Waals surface area contributed by atoms with Crippen molar-refractivity contribution >= 4 is 35.2 Å². The topological polar surface area (TPSA) is 49.4 Å². The number of carbonyl (C=O) groups is 2. The van der Waals surface area contributed by atoms with Crippen LogP contribution in [0, 0.1) is 6.92 Å². The van der Waals surface area contributed by atoms with Crippen LogP contribution < -0.4 is 5.32 Å². The Hall–Kier alpha value is -2.76. The van der Waals surface area contributed by atoms with E-state index in [1.807, 2.05) is 75.4 Å². The molecule has 1 N–H and O–H groups in total. The molecule has 190 valence electrons. The maximum absolute atomic E-state index is 13.7. The van der Waals surface area contributed by atoms with Gasteiger partial charge in [-0.05, 0) is 63.1 Å². The molecule has 0 aliphatic rings. The molecule has 3 aromatic rings. The largest absolute Gasteiger partial charge is 0.350 e. The highest BCUT2D eigenvalue weighted by molar-refractivity contribution is 7.99. The van der Waals surface area contributed by atoms with Crippen LogP contribution in [0.4, 0.5) is 0 Å². The minimum atomic E-state index is -0.640. The van der Waals surface area contributed by atoms with Crippen molar-refractivity contribution < 1.29 is 9.59 Å². The fraction of sp³-hybridized carbons (Fsp3) is 0.333. The molecule has 0 saturated carbocycles. The van der Waals surface area contributed by atoms with Gasteiger partial charge in [-0.2, -0.15) is 0 Å². The van der Waals surface area contributed by atoms with Crippen molar-refractivity contribution in [1.82, 2.24) is 10.2 Å². The minimum Gasteiger partial charge on any atom is -0.350 e. The first kappa shape index (κ1) is 27.8. The van der Waals surface area contributed by atoms with Crippen molar-refractivity contribution in [3.8, 4) is 0 Å². The number of halogens is 1. The van der Waals surface area contributed by atoms with Crippen molar-refractivity contribution in [3.05, 3.63) is 101 Å². The standard InChI is InChI=1S/C30H35ClN2O2S/c1-22-10-16-26(17-11-22)36-19-18-28(34)33(21-24-12-14-25(31)15-13-24)27(29(35)32-30(2,3)4)20-23-8-6-5-7-9-23/h5-17,27H,18-21H2,1-4H3,(H,32,35)/t27-/m1/s1. The molecule has 0 aliphatic carbocycles. The second-order valence-corrected chi connectivity index (χ2v) is 11.6. The fourth-order valence-electron chi connectivity index (χ4n) is 3.83. The van der Waals surface area contributed by atoms with Crippen LogP contribution in [0.25, 0.3) is 0 Å². The lowest BCUT2D eigenvalue weighted by atomic mass is 10.0. The quantitative estimate of drug-likeness (QED) is 0.302. The molecule has 3 rings (SSSR count). The summed E-state index contributed by atoms with van der Waals surface area (Å²) in [6.07, 6.45) is 0.771. The number of hydrogen-bond acceptors (Lipinski definition) is 3. The van der Waals surface area contributed by atoms with Crippen LogP contribution >= 0.6 is 23.4 Å². The predicted octanol–water partition coefficient (Wildman–Crippen LogP) is 6.69. The van der Waals surface area contributed by atoms with Gasteiger partial charge in [-0.15, -0.1) is 11.8 Å². The minimum absolute atomic E-state index is 0.0467. The molecule has 1 atom stereocenters. The Bertz CT molecular complexity index is 1130. The molecule has 0 bridgehead atoms. The highest BCUT2D eigenvalue weighted by atomic mass is 35.5. The Labute approximate surface area is 224 Å². The van der Waals surface area contributed by atoms with Gasteiger partial charge in [-0.25, -0.2) is 0 Å². The van der Waals surface area contributed by atoms with Gasteiger partial charge in [0.2, 0.25) is 11.8 Å². The number of hydrogen-bond donors (Lipinski definition) is 1. The van der Waals surface area contributed by atoms with E-state index < -0.39 is 11.6 Å². The fourth-order valence-corrected chi connectivity index (χ4v) is 4.79. The molecule has 6 heteroatoms. The Kier molecular flexibility index (Phi) is 10.0. The first-order valence-electron chi connectivity index (χ1n) is 12.2. The van der Waals surface area contributed by atoms with E-state index in [9.17, 15) is 9.59 Å². The number of benzene rings is 3. The second-order valence-electron chi connectivity index (χ2n) is 10.0. The van der Waals surface area contributed by atoms with E-state index in [0.717, 1.165) is 16.0 Å². The van der Waals surface area contributed by atoms with E-state index in [0.29, 0.717) is 30.2 Å². The van der Waals surface area contributed by atoms with Crippen LogP contribution in [0.2, 0.25) is 5.02 Å². The van der Waals surface area contributed by atoms with E-state index in [1.165, 1.54) is 5.56 Å². The highest BCUT2D eigenvalue weighted by Gasteiger charge is 2.32. The molecule has 0 radical (unpaired) electrons. The number of amides is 2.